The summed E-state index contributed by atoms with van der Waals surface area (Å²) in [7, 11) is 0. The first-order valence-electron chi connectivity index (χ1n) is 7.89. The molecule has 2 aromatic carbocycles. The molecule has 0 aliphatic carbocycles. The van der Waals surface area contributed by atoms with Gasteiger partial charge in [-0.3, -0.25) is 5.10 Å². The van der Waals surface area contributed by atoms with Crippen molar-refractivity contribution in [2.24, 2.45) is 0 Å². The summed E-state index contributed by atoms with van der Waals surface area (Å²) >= 11 is 1.34. The van der Waals surface area contributed by atoms with Gasteiger partial charge in [-0.05, 0) is 24.6 Å². The Morgan fingerprint density at radius 2 is 1.81 bits per heavy atom. The summed E-state index contributed by atoms with van der Waals surface area (Å²) in [6.45, 7) is 2.00. The van der Waals surface area contributed by atoms with Crippen LogP contribution < -0.4 is 0 Å². The second-order valence-electron chi connectivity index (χ2n) is 5.56. The quantitative estimate of drug-likeness (QED) is 0.531. The molecule has 0 spiro atoms. The van der Waals surface area contributed by atoms with Gasteiger partial charge < -0.3 is 4.52 Å². The highest BCUT2D eigenvalue weighted by atomic mass is 32.2. The van der Waals surface area contributed by atoms with Crippen molar-refractivity contribution in [3.8, 4) is 22.8 Å². The molecule has 6 nitrogen and oxygen atoms in total. The summed E-state index contributed by atoms with van der Waals surface area (Å²) in [5, 5.41) is 11.4. The molecular weight excluding hydrogens is 353 g/mol. The van der Waals surface area contributed by atoms with Crippen molar-refractivity contribution in [1.82, 2.24) is 25.3 Å². The Balaban J connectivity index is 1.46. The lowest BCUT2D eigenvalue weighted by Crippen LogP contribution is -1.86. The fourth-order valence-corrected chi connectivity index (χ4v) is 3.09. The molecule has 26 heavy (non-hydrogen) atoms. The van der Waals surface area contributed by atoms with E-state index >= 15 is 0 Å². The van der Waals surface area contributed by atoms with Gasteiger partial charge in [0, 0.05) is 5.56 Å². The number of aryl methyl sites for hydroxylation is 1. The minimum atomic E-state index is -0.347. The van der Waals surface area contributed by atoms with Crippen LogP contribution >= 0.6 is 11.8 Å². The van der Waals surface area contributed by atoms with E-state index in [0.717, 1.165) is 11.1 Å². The Hall–Kier alpha value is -3.00. The Morgan fingerprint density at radius 1 is 1.04 bits per heavy atom. The maximum absolute atomic E-state index is 13.8. The number of hydrogen-bond donors (Lipinski definition) is 1. The van der Waals surface area contributed by atoms with Crippen LogP contribution in [0.3, 0.4) is 0 Å². The smallest absolute Gasteiger partial charge is 0.237 e. The van der Waals surface area contributed by atoms with Crippen molar-refractivity contribution in [2.75, 3.05) is 0 Å². The molecule has 0 aliphatic rings. The average molecular weight is 367 g/mol. The number of nitrogens with one attached hydrogen (secondary N) is 1. The predicted molar refractivity (Wildman–Crippen MR) is 95.8 cm³/mol. The number of rotatable bonds is 5. The molecule has 8 heteroatoms. The van der Waals surface area contributed by atoms with Gasteiger partial charge in [0.1, 0.15) is 5.82 Å². The second kappa shape index (κ2) is 7.09. The molecule has 130 valence electrons. The van der Waals surface area contributed by atoms with Crippen LogP contribution in [-0.4, -0.2) is 25.3 Å². The van der Waals surface area contributed by atoms with E-state index in [9.17, 15) is 4.39 Å². The van der Waals surface area contributed by atoms with Gasteiger partial charge in [0.25, 0.3) is 0 Å². The molecule has 1 N–H and O–H groups in total. The van der Waals surface area contributed by atoms with E-state index in [0.29, 0.717) is 34.0 Å². The first-order chi connectivity index (χ1) is 12.7. The Bertz CT molecular complexity index is 962. The predicted octanol–water partition coefficient (Wildman–Crippen LogP) is 4.26. The summed E-state index contributed by atoms with van der Waals surface area (Å²) in [6.07, 6.45) is 0. The van der Waals surface area contributed by atoms with Crippen LogP contribution in [0.5, 0.6) is 0 Å². The summed E-state index contributed by atoms with van der Waals surface area (Å²) in [6, 6.07) is 14.3. The zero-order valence-electron chi connectivity index (χ0n) is 13.8. The molecule has 0 saturated carbocycles. The average Bonchev–Trinajstić information content (AvgIpc) is 3.30. The Morgan fingerprint density at radius 3 is 2.62 bits per heavy atom. The van der Waals surface area contributed by atoms with E-state index in [1.54, 1.807) is 18.2 Å². The Labute approximate surface area is 152 Å². The van der Waals surface area contributed by atoms with Crippen LogP contribution in [0, 0.1) is 12.7 Å². The SMILES string of the molecule is Cc1ccccc1-c1noc(CSc2n[nH]c(-c3ccccc3F)n2)n1. The lowest BCUT2D eigenvalue weighted by molar-refractivity contribution is 0.391. The van der Waals surface area contributed by atoms with E-state index in [-0.39, 0.29) is 5.82 Å². The zero-order valence-corrected chi connectivity index (χ0v) is 14.6. The molecular formula is C18H14FN5OS. The minimum absolute atomic E-state index is 0.347. The first kappa shape index (κ1) is 16.5. The standard InChI is InChI=1S/C18H14FN5OS/c1-11-6-2-3-7-12(11)17-20-15(25-24-17)10-26-18-21-16(22-23-18)13-8-4-5-9-14(13)19/h2-9H,10H2,1H3,(H,21,22,23). The molecule has 2 heterocycles. The molecule has 0 radical (unpaired) electrons. The number of hydrogen-bond acceptors (Lipinski definition) is 6. The van der Waals surface area contributed by atoms with E-state index in [2.05, 4.69) is 25.3 Å². The maximum Gasteiger partial charge on any atom is 0.237 e. The summed E-state index contributed by atoms with van der Waals surface area (Å²) in [5.74, 6) is 1.50. The monoisotopic (exact) mass is 367 g/mol. The fraction of sp³-hybridized carbons (Fsp3) is 0.111. The number of aromatic amines is 1. The van der Waals surface area contributed by atoms with Crippen LogP contribution in [0.4, 0.5) is 4.39 Å². The number of nitrogens with zero attached hydrogens (tertiary/aromatic N) is 4. The van der Waals surface area contributed by atoms with Crippen molar-refractivity contribution in [1.29, 1.82) is 0 Å². The lowest BCUT2D eigenvalue weighted by atomic mass is 10.1. The third-order valence-corrected chi connectivity index (χ3v) is 4.60. The summed E-state index contributed by atoms with van der Waals surface area (Å²) in [4.78, 5) is 8.71. The van der Waals surface area contributed by atoms with Crippen molar-refractivity contribution in [3.05, 3.63) is 65.8 Å². The number of aromatic nitrogens is 5. The fourth-order valence-electron chi connectivity index (χ4n) is 2.46. The molecule has 0 saturated heterocycles. The van der Waals surface area contributed by atoms with Crippen LogP contribution in [0.1, 0.15) is 11.5 Å². The zero-order chi connectivity index (χ0) is 17.9. The molecule has 4 aromatic rings. The van der Waals surface area contributed by atoms with Gasteiger partial charge >= 0.3 is 0 Å². The van der Waals surface area contributed by atoms with E-state index in [1.807, 2.05) is 31.2 Å². The van der Waals surface area contributed by atoms with E-state index in [4.69, 9.17) is 4.52 Å². The third kappa shape index (κ3) is 3.36. The molecule has 4 rings (SSSR count). The number of benzene rings is 2. The highest BCUT2D eigenvalue weighted by molar-refractivity contribution is 7.98. The second-order valence-corrected chi connectivity index (χ2v) is 6.50. The van der Waals surface area contributed by atoms with Crippen molar-refractivity contribution < 1.29 is 8.91 Å². The molecule has 0 bridgehead atoms. The third-order valence-electron chi connectivity index (χ3n) is 3.77. The number of thioether (sulfide) groups is 1. The minimum Gasteiger partial charge on any atom is -0.338 e. The normalized spacial score (nSPS) is 11.0. The summed E-state index contributed by atoms with van der Waals surface area (Å²) in [5.41, 5.74) is 2.40. The molecule has 0 atom stereocenters. The molecule has 0 unspecified atom stereocenters. The van der Waals surface area contributed by atoms with Gasteiger partial charge in [-0.2, -0.15) is 4.98 Å². The Kier molecular flexibility index (Phi) is 4.49. The molecule has 0 amide bonds. The van der Waals surface area contributed by atoms with Crippen LogP contribution in [-0.2, 0) is 5.75 Å². The highest BCUT2D eigenvalue weighted by Gasteiger charge is 2.13. The number of halogens is 1. The van der Waals surface area contributed by atoms with E-state index < -0.39 is 0 Å². The van der Waals surface area contributed by atoms with Gasteiger partial charge in [-0.1, -0.05) is 53.3 Å². The maximum atomic E-state index is 13.8. The van der Waals surface area contributed by atoms with Gasteiger partial charge in [0.05, 0.1) is 11.3 Å². The van der Waals surface area contributed by atoms with Crippen molar-refractivity contribution in [2.45, 2.75) is 17.8 Å². The number of H-pyrrole nitrogens is 1. The molecule has 0 fully saturated rings. The van der Waals surface area contributed by atoms with Crippen LogP contribution in [0.15, 0.2) is 58.2 Å². The topological polar surface area (TPSA) is 80.5 Å². The van der Waals surface area contributed by atoms with Crippen molar-refractivity contribution in [3.63, 3.8) is 0 Å². The van der Waals surface area contributed by atoms with Crippen molar-refractivity contribution >= 4 is 11.8 Å². The van der Waals surface area contributed by atoms with Gasteiger partial charge in [0.2, 0.25) is 16.9 Å². The van der Waals surface area contributed by atoms with Gasteiger partial charge in [-0.15, -0.1) is 5.10 Å². The van der Waals surface area contributed by atoms with Crippen LogP contribution in [0.25, 0.3) is 22.8 Å². The highest BCUT2D eigenvalue weighted by Crippen LogP contribution is 2.25. The molecule has 2 aromatic heterocycles. The van der Waals surface area contributed by atoms with E-state index in [1.165, 1.54) is 17.8 Å². The largest absolute Gasteiger partial charge is 0.338 e. The summed E-state index contributed by atoms with van der Waals surface area (Å²) < 4.78 is 19.1. The molecule has 0 aliphatic heterocycles. The van der Waals surface area contributed by atoms with Gasteiger partial charge in [0.15, 0.2) is 5.82 Å². The first-order valence-corrected chi connectivity index (χ1v) is 8.88. The lowest BCUT2D eigenvalue weighted by Gasteiger charge is -1.97. The van der Waals surface area contributed by atoms with Gasteiger partial charge in [-0.25, -0.2) is 9.37 Å². The van der Waals surface area contributed by atoms with Crippen LogP contribution in [0.2, 0.25) is 0 Å².